The quantitative estimate of drug-likeness (QED) is 0.756. The Hall–Kier alpha value is -0.380. The molecule has 1 unspecified atom stereocenters. The Morgan fingerprint density at radius 3 is 2.56 bits per heavy atom. The first-order valence-corrected chi connectivity index (χ1v) is 6.68. The summed E-state index contributed by atoms with van der Waals surface area (Å²) in [4.78, 5) is 0. The van der Waals surface area contributed by atoms with Crippen molar-refractivity contribution in [3.05, 3.63) is 34.3 Å². The summed E-state index contributed by atoms with van der Waals surface area (Å²) in [6.07, 6.45) is 3.36. The Morgan fingerprint density at radius 1 is 1.25 bits per heavy atom. The van der Waals surface area contributed by atoms with E-state index in [1.54, 1.807) is 0 Å². The van der Waals surface area contributed by atoms with Crippen molar-refractivity contribution in [2.45, 2.75) is 32.2 Å². The van der Waals surface area contributed by atoms with Gasteiger partial charge in [-0.15, -0.1) is 0 Å². The predicted octanol–water partition coefficient (Wildman–Crippen LogP) is 2.71. The zero-order valence-corrected chi connectivity index (χ0v) is 11.5. The summed E-state index contributed by atoms with van der Waals surface area (Å²) in [5, 5.41) is 3.44. The van der Waals surface area contributed by atoms with E-state index < -0.39 is 0 Å². The van der Waals surface area contributed by atoms with Gasteiger partial charge in [0.2, 0.25) is 0 Å². The lowest BCUT2D eigenvalue weighted by Crippen LogP contribution is -2.21. The van der Waals surface area contributed by atoms with Gasteiger partial charge >= 0.3 is 0 Å². The molecule has 2 nitrogen and oxygen atoms in total. The van der Waals surface area contributed by atoms with Crippen LogP contribution in [0.1, 0.15) is 25.3 Å². The van der Waals surface area contributed by atoms with Crippen LogP contribution in [0.5, 0.6) is 0 Å². The molecular formula is C13H21BrN2. The second-order valence-electron chi connectivity index (χ2n) is 4.25. The summed E-state index contributed by atoms with van der Waals surface area (Å²) < 4.78 is 1.14. The van der Waals surface area contributed by atoms with E-state index in [4.69, 9.17) is 5.73 Å². The molecular weight excluding hydrogens is 264 g/mol. The van der Waals surface area contributed by atoms with E-state index in [1.165, 1.54) is 5.56 Å². The molecule has 1 aromatic carbocycles. The molecule has 0 saturated heterocycles. The van der Waals surface area contributed by atoms with Gasteiger partial charge in [0.15, 0.2) is 0 Å². The monoisotopic (exact) mass is 284 g/mol. The molecule has 0 radical (unpaired) electrons. The second kappa shape index (κ2) is 7.82. The molecule has 0 aromatic heterocycles. The number of nitrogens with one attached hydrogen (secondary N) is 1. The first-order valence-electron chi connectivity index (χ1n) is 5.89. The molecule has 1 aromatic rings. The van der Waals surface area contributed by atoms with Gasteiger partial charge in [0, 0.05) is 10.5 Å². The zero-order chi connectivity index (χ0) is 11.8. The fourth-order valence-corrected chi connectivity index (χ4v) is 1.82. The van der Waals surface area contributed by atoms with E-state index in [-0.39, 0.29) is 0 Å². The fourth-order valence-electron chi connectivity index (χ4n) is 1.56. The minimum absolute atomic E-state index is 0.327. The van der Waals surface area contributed by atoms with E-state index in [0.717, 1.165) is 36.8 Å². The van der Waals surface area contributed by atoms with Gasteiger partial charge in [-0.2, -0.15) is 0 Å². The summed E-state index contributed by atoms with van der Waals surface area (Å²) >= 11 is 3.43. The van der Waals surface area contributed by atoms with Crippen molar-refractivity contribution < 1.29 is 0 Å². The van der Waals surface area contributed by atoms with Crippen molar-refractivity contribution >= 4 is 15.9 Å². The molecule has 0 aliphatic carbocycles. The normalized spacial score (nSPS) is 12.7. The number of nitrogens with two attached hydrogens (primary N) is 1. The van der Waals surface area contributed by atoms with E-state index >= 15 is 0 Å². The second-order valence-corrected chi connectivity index (χ2v) is 5.16. The first-order chi connectivity index (χ1) is 7.68. The van der Waals surface area contributed by atoms with Gasteiger partial charge in [0.05, 0.1) is 0 Å². The molecule has 3 N–H and O–H groups in total. The zero-order valence-electron chi connectivity index (χ0n) is 9.88. The van der Waals surface area contributed by atoms with E-state index in [9.17, 15) is 0 Å². The third-order valence-corrected chi connectivity index (χ3v) is 3.05. The first kappa shape index (κ1) is 13.7. The molecule has 0 fully saturated rings. The Balaban J connectivity index is 2.05. The lowest BCUT2D eigenvalue weighted by atomic mass is 10.1. The Kier molecular flexibility index (Phi) is 6.69. The van der Waals surface area contributed by atoms with Gasteiger partial charge in [-0.25, -0.2) is 0 Å². The van der Waals surface area contributed by atoms with Gasteiger partial charge in [-0.1, -0.05) is 28.1 Å². The van der Waals surface area contributed by atoms with E-state index in [1.807, 2.05) is 0 Å². The lowest BCUT2D eigenvalue weighted by Gasteiger charge is -2.06. The van der Waals surface area contributed by atoms with E-state index in [2.05, 4.69) is 52.4 Å². The highest BCUT2D eigenvalue weighted by atomic mass is 79.9. The molecule has 0 spiro atoms. The summed E-state index contributed by atoms with van der Waals surface area (Å²) in [7, 11) is 0. The lowest BCUT2D eigenvalue weighted by molar-refractivity contribution is 0.575. The molecule has 3 heteroatoms. The Bertz CT molecular complexity index is 282. The minimum Gasteiger partial charge on any atom is -0.328 e. The number of benzene rings is 1. The van der Waals surface area contributed by atoms with Crippen molar-refractivity contribution in [2.75, 3.05) is 13.1 Å². The van der Waals surface area contributed by atoms with Gasteiger partial charge in [0.25, 0.3) is 0 Å². The highest BCUT2D eigenvalue weighted by Crippen LogP contribution is 2.10. The van der Waals surface area contributed by atoms with Gasteiger partial charge in [-0.05, 0) is 57.0 Å². The standard InChI is InChI=1S/C13H21BrN2/c1-11(15)3-2-9-16-10-8-12-4-6-13(14)7-5-12/h4-7,11,16H,2-3,8-10,15H2,1H3. The largest absolute Gasteiger partial charge is 0.328 e. The predicted molar refractivity (Wildman–Crippen MR) is 73.6 cm³/mol. The third kappa shape index (κ3) is 6.26. The Labute approximate surface area is 107 Å². The van der Waals surface area contributed by atoms with Crippen molar-refractivity contribution in [3.8, 4) is 0 Å². The smallest absolute Gasteiger partial charge is 0.0175 e. The molecule has 0 saturated carbocycles. The number of hydrogen-bond acceptors (Lipinski definition) is 2. The maximum absolute atomic E-state index is 5.68. The molecule has 1 rings (SSSR count). The summed E-state index contributed by atoms with van der Waals surface area (Å²) in [6.45, 7) is 4.17. The highest BCUT2D eigenvalue weighted by molar-refractivity contribution is 9.10. The van der Waals surface area contributed by atoms with Crippen molar-refractivity contribution in [2.24, 2.45) is 5.73 Å². The third-order valence-electron chi connectivity index (χ3n) is 2.52. The SMILES string of the molecule is CC(N)CCCNCCc1ccc(Br)cc1. The average molecular weight is 285 g/mol. The molecule has 0 aliphatic rings. The van der Waals surface area contributed by atoms with Crippen LogP contribution in [0.15, 0.2) is 28.7 Å². The van der Waals surface area contributed by atoms with Crippen molar-refractivity contribution in [1.82, 2.24) is 5.32 Å². The fraction of sp³-hybridized carbons (Fsp3) is 0.538. The molecule has 0 aliphatic heterocycles. The van der Waals surface area contributed by atoms with Crippen LogP contribution in [0.2, 0.25) is 0 Å². The molecule has 16 heavy (non-hydrogen) atoms. The van der Waals surface area contributed by atoms with Crippen LogP contribution >= 0.6 is 15.9 Å². The maximum atomic E-state index is 5.68. The van der Waals surface area contributed by atoms with Crippen LogP contribution in [0.4, 0.5) is 0 Å². The topological polar surface area (TPSA) is 38.0 Å². The molecule has 0 bridgehead atoms. The number of halogens is 1. The van der Waals surface area contributed by atoms with Crippen LogP contribution in [-0.4, -0.2) is 19.1 Å². The molecule has 0 heterocycles. The summed E-state index contributed by atoms with van der Waals surface area (Å²) in [6, 6.07) is 8.83. The molecule has 0 amide bonds. The summed E-state index contributed by atoms with van der Waals surface area (Å²) in [5.74, 6) is 0. The summed E-state index contributed by atoms with van der Waals surface area (Å²) in [5.41, 5.74) is 7.06. The molecule has 90 valence electrons. The average Bonchev–Trinajstić information content (AvgIpc) is 2.25. The maximum Gasteiger partial charge on any atom is 0.0175 e. The molecule has 1 atom stereocenters. The number of rotatable bonds is 7. The van der Waals surface area contributed by atoms with Gasteiger partial charge in [-0.3, -0.25) is 0 Å². The minimum atomic E-state index is 0.327. The van der Waals surface area contributed by atoms with Crippen LogP contribution in [0, 0.1) is 0 Å². The van der Waals surface area contributed by atoms with Crippen molar-refractivity contribution in [1.29, 1.82) is 0 Å². The van der Waals surface area contributed by atoms with Gasteiger partial charge in [0.1, 0.15) is 0 Å². The van der Waals surface area contributed by atoms with Crippen LogP contribution in [0.25, 0.3) is 0 Å². The number of hydrogen-bond donors (Lipinski definition) is 2. The van der Waals surface area contributed by atoms with Crippen LogP contribution < -0.4 is 11.1 Å². The van der Waals surface area contributed by atoms with Crippen LogP contribution in [-0.2, 0) is 6.42 Å². The van der Waals surface area contributed by atoms with Gasteiger partial charge < -0.3 is 11.1 Å². The van der Waals surface area contributed by atoms with E-state index in [0.29, 0.717) is 6.04 Å². The van der Waals surface area contributed by atoms with Crippen LogP contribution in [0.3, 0.4) is 0 Å². The van der Waals surface area contributed by atoms with Crippen molar-refractivity contribution in [3.63, 3.8) is 0 Å². The Morgan fingerprint density at radius 2 is 1.94 bits per heavy atom. The highest BCUT2D eigenvalue weighted by Gasteiger charge is 1.95.